The van der Waals surface area contributed by atoms with Crippen LogP contribution in [0.15, 0.2) is 42.5 Å². The molecule has 1 unspecified atom stereocenters. The van der Waals surface area contributed by atoms with Crippen molar-refractivity contribution in [2.45, 2.75) is 32.7 Å². The van der Waals surface area contributed by atoms with Gasteiger partial charge in [-0.1, -0.05) is 24.3 Å². The maximum absolute atomic E-state index is 13.1. The monoisotopic (exact) mass is 326 g/mol. The van der Waals surface area contributed by atoms with E-state index in [1.807, 2.05) is 44.2 Å². The number of aryl methyl sites for hydroxylation is 2. The van der Waals surface area contributed by atoms with Crippen molar-refractivity contribution in [3.8, 4) is 0 Å². The summed E-state index contributed by atoms with van der Waals surface area (Å²) in [5, 5.41) is 3.02. The normalized spacial score (nSPS) is 17.9. The maximum Gasteiger partial charge on any atom is 0.238 e. The van der Waals surface area contributed by atoms with Gasteiger partial charge in [0.1, 0.15) is 5.82 Å². The average molecular weight is 326 g/mol. The van der Waals surface area contributed by atoms with Gasteiger partial charge >= 0.3 is 0 Å². The van der Waals surface area contributed by atoms with E-state index in [-0.39, 0.29) is 17.8 Å². The highest BCUT2D eigenvalue weighted by molar-refractivity contribution is 5.93. The summed E-state index contributed by atoms with van der Waals surface area (Å²) in [5.41, 5.74) is 4.14. The molecule has 24 heavy (non-hydrogen) atoms. The Hall–Kier alpha value is -2.20. The highest BCUT2D eigenvalue weighted by Crippen LogP contribution is 2.31. The maximum atomic E-state index is 13.1. The first-order valence-corrected chi connectivity index (χ1v) is 8.39. The summed E-state index contributed by atoms with van der Waals surface area (Å²) in [6, 6.07) is 12.9. The third-order valence-electron chi connectivity index (χ3n) is 4.63. The fourth-order valence-electron chi connectivity index (χ4n) is 3.32. The zero-order chi connectivity index (χ0) is 17.1. The Morgan fingerprint density at radius 2 is 1.96 bits per heavy atom. The van der Waals surface area contributed by atoms with Crippen LogP contribution in [-0.4, -0.2) is 23.9 Å². The molecule has 0 bridgehead atoms. The van der Waals surface area contributed by atoms with Crippen LogP contribution in [0.2, 0.25) is 0 Å². The predicted octanol–water partition coefficient (Wildman–Crippen LogP) is 4.22. The summed E-state index contributed by atoms with van der Waals surface area (Å²) in [6.45, 7) is 5.25. The van der Waals surface area contributed by atoms with Crippen LogP contribution in [0.4, 0.5) is 10.1 Å². The molecule has 2 aromatic carbocycles. The van der Waals surface area contributed by atoms with Crippen LogP contribution in [0.3, 0.4) is 0 Å². The Labute approximate surface area is 142 Å². The lowest BCUT2D eigenvalue weighted by atomic mass is 10.0. The second-order valence-electron chi connectivity index (χ2n) is 6.55. The van der Waals surface area contributed by atoms with Gasteiger partial charge in [0.15, 0.2) is 0 Å². The van der Waals surface area contributed by atoms with Crippen LogP contribution < -0.4 is 5.32 Å². The molecule has 1 fully saturated rings. The summed E-state index contributed by atoms with van der Waals surface area (Å²) in [6.07, 6.45) is 2.06. The molecule has 1 aliphatic heterocycles. The molecule has 1 heterocycles. The quantitative estimate of drug-likeness (QED) is 0.912. The minimum atomic E-state index is -0.226. The number of halogens is 1. The van der Waals surface area contributed by atoms with Crippen molar-refractivity contribution in [3.05, 3.63) is 65.0 Å². The first kappa shape index (κ1) is 16.7. The molecular weight excluding hydrogens is 303 g/mol. The first-order chi connectivity index (χ1) is 11.5. The van der Waals surface area contributed by atoms with Gasteiger partial charge in [-0.05, 0) is 68.1 Å². The van der Waals surface area contributed by atoms with Gasteiger partial charge in [-0.25, -0.2) is 4.39 Å². The standard InChI is InChI=1S/C20H23FN2O/c1-14-5-6-15(2)18(12-14)22-20(24)13-23-11-3-4-19(23)16-7-9-17(21)10-8-16/h5-10,12,19H,3-4,11,13H2,1-2H3,(H,22,24). The van der Waals surface area contributed by atoms with Crippen LogP contribution in [0.25, 0.3) is 0 Å². The number of hydrogen-bond acceptors (Lipinski definition) is 2. The van der Waals surface area contributed by atoms with Crippen LogP contribution in [0.5, 0.6) is 0 Å². The molecule has 3 rings (SSSR count). The van der Waals surface area contributed by atoms with Gasteiger partial charge in [-0.2, -0.15) is 0 Å². The Morgan fingerprint density at radius 1 is 1.21 bits per heavy atom. The van der Waals surface area contributed by atoms with Crippen LogP contribution in [0, 0.1) is 19.7 Å². The van der Waals surface area contributed by atoms with E-state index in [0.717, 1.165) is 41.8 Å². The van der Waals surface area contributed by atoms with E-state index in [9.17, 15) is 9.18 Å². The molecule has 2 aromatic rings. The summed E-state index contributed by atoms with van der Waals surface area (Å²) < 4.78 is 13.1. The molecule has 0 aliphatic carbocycles. The minimum absolute atomic E-state index is 0.00212. The Morgan fingerprint density at radius 3 is 2.71 bits per heavy atom. The highest BCUT2D eigenvalue weighted by atomic mass is 19.1. The second-order valence-corrected chi connectivity index (χ2v) is 6.55. The number of likely N-dealkylation sites (tertiary alicyclic amines) is 1. The molecule has 126 valence electrons. The molecule has 1 aliphatic rings. The lowest BCUT2D eigenvalue weighted by Crippen LogP contribution is -2.33. The SMILES string of the molecule is Cc1ccc(C)c(NC(=O)CN2CCCC2c2ccc(F)cc2)c1. The topological polar surface area (TPSA) is 32.3 Å². The first-order valence-electron chi connectivity index (χ1n) is 8.39. The smallest absolute Gasteiger partial charge is 0.238 e. The van der Waals surface area contributed by atoms with Gasteiger partial charge in [-0.3, -0.25) is 9.69 Å². The third-order valence-corrected chi connectivity index (χ3v) is 4.63. The van der Waals surface area contributed by atoms with Crippen molar-refractivity contribution >= 4 is 11.6 Å². The fraction of sp³-hybridized carbons (Fsp3) is 0.350. The van der Waals surface area contributed by atoms with Crippen molar-refractivity contribution in [1.29, 1.82) is 0 Å². The Kier molecular flexibility index (Phi) is 4.95. The molecule has 0 aromatic heterocycles. The van der Waals surface area contributed by atoms with E-state index in [1.54, 1.807) is 0 Å². The van der Waals surface area contributed by atoms with Crippen molar-refractivity contribution in [3.63, 3.8) is 0 Å². The van der Waals surface area contributed by atoms with E-state index >= 15 is 0 Å². The van der Waals surface area contributed by atoms with E-state index < -0.39 is 0 Å². The van der Waals surface area contributed by atoms with E-state index in [1.165, 1.54) is 12.1 Å². The van der Waals surface area contributed by atoms with Crippen molar-refractivity contribution in [2.24, 2.45) is 0 Å². The van der Waals surface area contributed by atoms with Crippen LogP contribution in [-0.2, 0) is 4.79 Å². The molecule has 1 amide bonds. The summed E-state index contributed by atoms with van der Waals surface area (Å²) >= 11 is 0. The largest absolute Gasteiger partial charge is 0.325 e. The van der Waals surface area contributed by atoms with Crippen molar-refractivity contribution in [2.75, 3.05) is 18.4 Å². The predicted molar refractivity (Wildman–Crippen MR) is 94.5 cm³/mol. The number of nitrogens with one attached hydrogen (secondary N) is 1. The third kappa shape index (κ3) is 3.82. The molecule has 0 saturated carbocycles. The van der Waals surface area contributed by atoms with Gasteiger partial charge in [-0.15, -0.1) is 0 Å². The number of anilines is 1. The lowest BCUT2D eigenvalue weighted by Gasteiger charge is -2.24. The lowest BCUT2D eigenvalue weighted by molar-refractivity contribution is -0.117. The number of benzene rings is 2. The molecule has 1 saturated heterocycles. The number of carbonyl (C=O) groups is 1. The molecule has 1 N–H and O–H groups in total. The van der Waals surface area contributed by atoms with Crippen molar-refractivity contribution in [1.82, 2.24) is 4.90 Å². The molecule has 3 nitrogen and oxygen atoms in total. The second kappa shape index (κ2) is 7.14. The molecular formula is C20H23FN2O. The summed E-state index contributed by atoms with van der Waals surface area (Å²) in [5.74, 6) is -0.228. The van der Waals surface area contributed by atoms with Crippen LogP contribution in [0.1, 0.15) is 35.6 Å². The van der Waals surface area contributed by atoms with E-state index in [2.05, 4.69) is 10.2 Å². The molecule has 0 radical (unpaired) electrons. The zero-order valence-corrected chi connectivity index (χ0v) is 14.2. The molecule has 1 atom stereocenters. The fourth-order valence-corrected chi connectivity index (χ4v) is 3.32. The van der Waals surface area contributed by atoms with Gasteiger partial charge in [0.05, 0.1) is 6.54 Å². The van der Waals surface area contributed by atoms with E-state index in [0.29, 0.717) is 6.54 Å². The van der Waals surface area contributed by atoms with Gasteiger partial charge in [0.25, 0.3) is 0 Å². The van der Waals surface area contributed by atoms with Crippen LogP contribution >= 0.6 is 0 Å². The molecule has 0 spiro atoms. The number of rotatable bonds is 4. The summed E-state index contributed by atoms with van der Waals surface area (Å²) in [7, 11) is 0. The van der Waals surface area contributed by atoms with Crippen molar-refractivity contribution < 1.29 is 9.18 Å². The Balaban J connectivity index is 1.67. The van der Waals surface area contributed by atoms with Gasteiger partial charge in [0, 0.05) is 11.7 Å². The Bertz CT molecular complexity index is 727. The minimum Gasteiger partial charge on any atom is -0.325 e. The number of carbonyl (C=O) groups excluding carboxylic acids is 1. The van der Waals surface area contributed by atoms with Gasteiger partial charge < -0.3 is 5.32 Å². The zero-order valence-electron chi connectivity index (χ0n) is 14.2. The highest BCUT2D eigenvalue weighted by Gasteiger charge is 2.27. The number of amides is 1. The number of nitrogens with zero attached hydrogens (tertiary/aromatic N) is 1. The number of hydrogen-bond donors (Lipinski definition) is 1. The van der Waals surface area contributed by atoms with Gasteiger partial charge in [0.2, 0.25) is 5.91 Å². The average Bonchev–Trinajstić information content (AvgIpc) is 2.99. The summed E-state index contributed by atoms with van der Waals surface area (Å²) in [4.78, 5) is 14.6. The molecule has 4 heteroatoms. The van der Waals surface area contributed by atoms with E-state index in [4.69, 9.17) is 0 Å².